The van der Waals surface area contributed by atoms with Crippen LogP contribution in [0.15, 0.2) is 42.7 Å². The predicted octanol–water partition coefficient (Wildman–Crippen LogP) is 2.56. The van der Waals surface area contributed by atoms with E-state index in [9.17, 15) is 4.79 Å². The maximum absolute atomic E-state index is 12.7. The molecule has 5 nitrogen and oxygen atoms in total. The number of nitrogens with one attached hydrogen (secondary N) is 1. The van der Waals surface area contributed by atoms with E-state index in [1.54, 1.807) is 4.68 Å². The van der Waals surface area contributed by atoms with Crippen LogP contribution in [0.25, 0.3) is 0 Å². The van der Waals surface area contributed by atoms with Gasteiger partial charge in [-0.3, -0.25) is 9.48 Å². The monoisotopic (exact) mass is 325 g/mol. The number of nitrogens with zero attached hydrogens (tertiary/aromatic N) is 2. The molecular formula is C19H23N3O2. The molecule has 1 aromatic carbocycles. The second-order valence-corrected chi connectivity index (χ2v) is 6.86. The van der Waals surface area contributed by atoms with Gasteiger partial charge in [0.2, 0.25) is 5.91 Å². The molecule has 24 heavy (non-hydrogen) atoms. The number of carbonyl (C=O) groups is 1. The number of aryl methyl sites for hydroxylation is 1. The molecule has 1 N–H and O–H groups in total. The highest BCUT2D eigenvalue weighted by molar-refractivity contribution is 5.83. The van der Waals surface area contributed by atoms with E-state index in [1.807, 2.05) is 37.6 Å². The molecule has 0 spiro atoms. The molecule has 1 aromatic heterocycles. The number of ether oxygens (including phenoxy) is 1. The molecule has 5 heteroatoms. The summed E-state index contributed by atoms with van der Waals surface area (Å²) in [6.45, 7) is 0.738. The van der Waals surface area contributed by atoms with Crippen molar-refractivity contribution in [3.05, 3.63) is 53.9 Å². The summed E-state index contributed by atoms with van der Waals surface area (Å²) in [5, 5.41) is 7.47. The molecule has 1 aliphatic heterocycles. The highest BCUT2D eigenvalue weighted by Crippen LogP contribution is 2.47. The van der Waals surface area contributed by atoms with Gasteiger partial charge in [-0.25, -0.2) is 0 Å². The molecule has 2 fully saturated rings. The lowest BCUT2D eigenvalue weighted by Crippen LogP contribution is -2.43. The van der Waals surface area contributed by atoms with Crippen LogP contribution >= 0.6 is 0 Å². The van der Waals surface area contributed by atoms with E-state index in [1.165, 1.54) is 5.56 Å². The molecule has 2 heterocycles. The van der Waals surface area contributed by atoms with Gasteiger partial charge in [0.15, 0.2) is 0 Å². The Kier molecular flexibility index (Phi) is 4.10. The van der Waals surface area contributed by atoms with E-state index in [2.05, 4.69) is 22.5 Å². The van der Waals surface area contributed by atoms with Crippen molar-refractivity contribution in [2.75, 3.05) is 6.61 Å². The fourth-order valence-electron chi connectivity index (χ4n) is 3.69. The van der Waals surface area contributed by atoms with E-state index in [0.29, 0.717) is 5.92 Å². The molecule has 1 aliphatic carbocycles. The van der Waals surface area contributed by atoms with Gasteiger partial charge >= 0.3 is 0 Å². The lowest BCUT2D eigenvalue weighted by molar-refractivity contribution is -0.125. The summed E-state index contributed by atoms with van der Waals surface area (Å²) in [6.07, 6.45) is 6.59. The Bertz CT molecular complexity index is 712. The topological polar surface area (TPSA) is 56.1 Å². The number of amides is 1. The summed E-state index contributed by atoms with van der Waals surface area (Å²) in [4.78, 5) is 12.7. The summed E-state index contributed by atoms with van der Waals surface area (Å²) >= 11 is 0. The lowest BCUT2D eigenvalue weighted by Gasteiger charge is -2.32. The summed E-state index contributed by atoms with van der Waals surface area (Å²) in [5.41, 5.74) is 2.30. The van der Waals surface area contributed by atoms with Gasteiger partial charge in [-0.1, -0.05) is 30.3 Å². The lowest BCUT2D eigenvalue weighted by atomic mass is 9.97. The number of hydrogen-bond acceptors (Lipinski definition) is 3. The standard InChI is InChI=1S/C19H23N3O2/c1-22-12-14(11-20-22)18-17(8-5-9-24-18)21-19(23)16-10-15(16)13-6-3-2-4-7-13/h2-4,6-7,11-12,15-18H,5,8-10H2,1H3,(H,21,23)/t15?,16?,17-,18+/m0/s1. The van der Waals surface area contributed by atoms with Crippen LogP contribution in [0.4, 0.5) is 0 Å². The van der Waals surface area contributed by atoms with Gasteiger partial charge in [0.1, 0.15) is 6.10 Å². The Morgan fingerprint density at radius 1 is 1.29 bits per heavy atom. The minimum atomic E-state index is -0.0923. The Hall–Kier alpha value is -2.14. The average molecular weight is 325 g/mol. The van der Waals surface area contributed by atoms with Gasteiger partial charge in [-0.15, -0.1) is 0 Å². The van der Waals surface area contributed by atoms with Gasteiger partial charge in [-0.05, 0) is 30.7 Å². The summed E-state index contributed by atoms with van der Waals surface area (Å²) in [6, 6.07) is 10.3. The van der Waals surface area contributed by atoms with Crippen LogP contribution in [0.1, 0.15) is 42.4 Å². The first-order chi connectivity index (χ1) is 11.7. The molecule has 2 unspecified atom stereocenters. The number of rotatable bonds is 4. The van der Waals surface area contributed by atoms with Crippen molar-refractivity contribution in [1.29, 1.82) is 0 Å². The number of carbonyl (C=O) groups excluding carboxylic acids is 1. The van der Waals surface area contributed by atoms with Gasteiger partial charge in [0, 0.05) is 31.3 Å². The van der Waals surface area contributed by atoms with Crippen molar-refractivity contribution in [3.8, 4) is 0 Å². The van der Waals surface area contributed by atoms with Crippen LogP contribution in [-0.2, 0) is 16.6 Å². The van der Waals surface area contributed by atoms with Gasteiger partial charge in [0.05, 0.1) is 12.2 Å². The molecular weight excluding hydrogens is 302 g/mol. The third-order valence-corrected chi connectivity index (χ3v) is 5.06. The SMILES string of the molecule is Cn1cc([C@H]2OCCC[C@@H]2NC(=O)C2CC2c2ccccc2)cn1. The predicted molar refractivity (Wildman–Crippen MR) is 90.4 cm³/mol. The first-order valence-electron chi connectivity index (χ1n) is 8.68. The smallest absolute Gasteiger partial charge is 0.224 e. The Morgan fingerprint density at radius 2 is 2.12 bits per heavy atom. The third kappa shape index (κ3) is 3.08. The van der Waals surface area contributed by atoms with Crippen molar-refractivity contribution in [1.82, 2.24) is 15.1 Å². The first kappa shape index (κ1) is 15.4. The zero-order chi connectivity index (χ0) is 16.5. The van der Waals surface area contributed by atoms with Crippen molar-refractivity contribution < 1.29 is 9.53 Å². The molecule has 4 atom stereocenters. The average Bonchev–Trinajstić information content (AvgIpc) is 3.31. The van der Waals surface area contributed by atoms with Gasteiger partial charge in [0.25, 0.3) is 0 Å². The normalized spacial score (nSPS) is 29.2. The number of aromatic nitrogens is 2. The second-order valence-electron chi connectivity index (χ2n) is 6.86. The largest absolute Gasteiger partial charge is 0.371 e. The fourth-order valence-corrected chi connectivity index (χ4v) is 3.69. The first-order valence-corrected chi connectivity index (χ1v) is 8.68. The highest BCUT2D eigenvalue weighted by atomic mass is 16.5. The molecule has 4 rings (SSSR count). The summed E-state index contributed by atoms with van der Waals surface area (Å²) in [5.74, 6) is 0.629. The zero-order valence-electron chi connectivity index (χ0n) is 13.9. The molecule has 2 aromatic rings. The van der Waals surface area contributed by atoms with Crippen LogP contribution in [0.3, 0.4) is 0 Å². The van der Waals surface area contributed by atoms with Crippen molar-refractivity contribution >= 4 is 5.91 Å². The quantitative estimate of drug-likeness (QED) is 0.940. The molecule has 1 amide bonds. The Labute approximate surface area is 142 Å². The number of hydrogen-bond donors (Lipinski definition) is 1. The highest BCUT2D eigenvalue weighted by Gasteiger charge is 2.45. The van der Waals surface area contributed by atoms with Gasteiger partial charge in [-0.2, -0.15) is 5.10 Å². The van der Waals surface area contributed by atoms with Crippen LogP contribution in [0, 0.1) is 5.92 Å². The molecule has 1 saturated heterocycles. The third-order valence-electron chi connectivity index (χ3n) is 5.06. The summed E-state index contributed by atoms with van der Waals surface area (Å²) in [7, 11) is 1.90. The Morgan fingerprint density at radius 3 is 2.88 bits per heavy atom. The maximum atomic E-state index is 12.7. The molecule has 2 aliphatic rings. The van der Waals surface area contributed by atoms with Crippen LogP contribution < -0.4 is 5.32 Å². The van der Waals surface area contributed by atoms with E-state index in [4.69, 9.17) is 4.74 Å². The zero-order valence-corrected chi connectivity index (χ0v) is 13.9. The van der Waals surface area contributed by atoms with Crippen LogP contribution in [-0.4, -0.2) is 28.3 Å². The van der Waals surface area contributed by atoms with Crippen molar-refractivity contribution in [2.24, 2.45) is 13.0 Å². The van der Waals surface area contributed by atoms with Crippen LogP contribution in [0.2, 0.25) is 0 Å². The van der Waals surface area contributed by atoms with Gasteiger partial charge < -0.3 is 10.1 Å². The number of benzene rings is 1. The van der Waals surface area contributed by atoms with Crippen LogP contribution in [0.5, 0.6) is 0 Å². The molecule has 126 valence electrons. The molecule has 0 bridgehead atoms. The van der Waals surface area contributed by atoms with Crippen molar-refractivity contribution in [3.63, 3.8) is 0 Å². The minimum absolute atomic E-state index is 0.0347. The van der Waals surface area contributed by atoms with E-state index in [-0.39, 0.29) is 24.0 Å². The van der Waals surface area contributed by atoms with E-state index >= 15 is 0 Å². The maximum Gasteiger partial charge on any atom is 0.224 e. The molecule has 1 saturated carbocycles. The van der Waals surface area contributed by atoms with E-state index < -0.39 is 0 Å². The van der Waals surface area contributed by atoms with Crippen molar-refractivity contribution in [2.45, 2.75) is 37.3 Å². The molecule has 0 radical (unpaired) electrons. The second kappa shape index (κ2) is 6.40. The van der Waals surface area contributed by atoms with E-state index in [0.717, 1.165) is 31.4 Å². The Balaban J connectivity index is 1.41. The fraction of sp³-hybridized carbons (Fsp3) is 0.474. The minimum Gasteiger partial charge on any atom is -0.371 e. The summed E-state index contributed by atoms with van der Waals surface area (Å²) < 4.78 is 7.71.